The molecule has 0 aliphatic carbocycles. The highest BCUT2D eigenvalue weighted by atomic mass is 16.3. The van der Waals surface area contributed by atoms with E-state index >= 15 is 0 Å². The molecule has 0 aliphatic rings. The molecule has 0 fully saturated rings. The standard InChI is InChI=1S/C54H35NO/c1-2-13-38(14-3-1)45-21-10-17-40-25-27-43(35-49(40)45)47-32-33-51(53-48-20-8-9-23-52(48)56-54(47)53)55(50-22-11-18-39-15-6-7-19-46(39)50)44-30-28-37(29-31-44)42-26-24-36-12-4-5-16-41(36)34-42/h1-35H. The Kier molecular flexibility index (Phi) is 7.53. The van der Waals surface area contributed by atoms with E-state index in [1.165, 1.54) is 54.6 Å². The second-order valence-electron chi connectivity index (χ2n) is 14.5. The summed E-state index contributed by atoms with van der Waals surface area (Å²) in [7, 11) is 0. The third-order valence-electron chi connectivity index (χ3n) is 11.2. The summed E-state index contributed by atoms with van der Waals surface area (Å²) >= 11 is 0. The molecule has 0 spiro atoms. The Morgan fingerprint density at radius 3 is 1.82 bits per heavy atom. The summed E-state index contributed by atoms with van der Waals surface area (Å²) in [4.78, 5) is 2.41. The fraction of sp³-hybridized carbons (Fsp3) is 0. The maximum Gasteiger partial charge on any atom is 0.145 e. The normalized spacial score (nSPS) is 11.6. The van der Waals surface area contributed by atoms with Gasteiger partial charge in [0.05, 0.1) is 16.8 Å². The molecule has 262 valence electrons. The van der Waals surface area contributed by atoms with E-state index in [0.29, 0.717) is 0 Å². The van der Waals surface area contributed by atoms with Crippen molar-refractivity contribution < 1.29 is 4.42 Å². The SMILES string of the molecule is c1ccc(-c2cccc3ccc(-c4ccc(N(c5ccc(-c6ccc7ccccc7c6)cc5)c5cccc6ccccc56)c5c4oc4ccccc45)cc23)cc1. The summed E-state index contributed by atoms with van der Waals surface area (Å²) in [5.41, 5.74) is 12.0. The van der Waals surface area contributed by atoms with Gasteiger partial charge in [0.15, 0.2) is 0 Å². The second-order valence-corrected chi connectivity index (χ2v) is 14.5. The zero-order valence-electron chi connectivity index (χ0n) is 30.6. The molecule has 0 unspecified atom stereocenters. The molecule has 0 saturated heterocycles. The van der Waals surface area contributed by atoms with Crippen molar-refractivity contribution in [2.24, 2.45) is 0 Å². The lowest BCUT2D eigenvalue weighted by molar-refractivity contribution is 0.670. The summed E-state index contributed by atoms with van der Waals surface area (Å²) in [5.74, 6) is 0. The van der Waals surface area contributed by atoms with E-state index in [1.807, 2.05) is 0 Å². The third kappa shape index (κ3) is 5.34. The Morgan fingerprint density at radius 2 is 0.964 bits per heavy atom. The van der Waals surface area contributed by atoms with Crippen LogP contribution in [0.5, 0.6) is 0 Å². The first-order valence-electron chi connectivity index (χ1n) is 19.2. The summed E-state index contributed by atoms with van der Waals surface area (Å²) in [5, 5.41) is 9.46. The van der Waals surface area contributed by atoms with Crippen molar-refractivity contribution in [3.8, 4) is 33.4 Å². The number of hydrogen-bond donors (Lipinski definition) is 0. The van der Waals surface area contributed by atoms with Crippen LogP contribution >= 0.6 is 0 Å². The van der Waals surface area contributed by atoms with Crippen LogP contribution < -0.4 is 4.90 Å². The van der Waals surface area contributed by atoms with E-state index in [0.717, 1.165) is 50.1 Å². The Morgan fingerprint density at radius 1 is 0.321 bits per heavy atom. The lowest BCUT2D eigenvalue weighted by atomic mass is 9.93. The second kappa shape index (κ2) is 13.2. The van der Waals surface area contributed by atoms with Crippen molar-refractivity contribution in [3.05, 3.63) is 212 Å². The van der Waals surface area contributed by atoms with E-state index in [-0.39, 0.29) is 0 Å². The monoisotopic (exact) mass is 713 g/mol. The van der Waals surface area contributed by atoms with Crippen LogP contribution in [-0.2, 0) is 0 Å². The van der Waals surface area contributed by atoms with Gasteiger partial charge in [-0.15, -0.1) is 0 Å². The van der Waals surface area contributed by atoms with E-state index in [1.54, 1.807) is 0 Å². The van der Waals surface area contributed by atoms with Crippen LogP contribution in [0.3, 0.4) is 0 Å². The van der Waals surface area contributed by atoms with Gasteiger partial charge in [-0.2, -0.15) is 0 Å². The van der Waals surface area contributed by atoms with Crippen LogP contribution in [0.15, 0.2) is 217 Å². The van der Waals surface area contributed by atoms with Gasteiger partial charge in [0.1, 0.15) is 11.2 Å². The maximum absolute atomic E-state index is 6.90. The van der Waals surface area contributed by atoms with E-state index in [4.69, 9.17) is 4.42 Å². The van der Waals surface area contributed by atoms with Crippen molar-refractivity contribution in [1.82, 2.24) is 0 Å². The summed E-state index contributed by atoms with van der Waals surface area (Å²) in [6.07, 6.45) is 0. The first-order chi connectivity index (χ1) is 27.8. The molecule has 0 radical (unpaired) electrons. The van der Waals surface area contributed by atoms with Gasteiger partial charge in [0, 0.05) is 22.0 Å². The van der Waals surface area contributed by atoms with Gasteiger partial charge >= 0.3 is 0 Å². The Labute approximate surface area is 325 Å². The zero-order valence-corrected chi connectivity index (χ0v) is 30.6. The summed E-state index contributed by atoms with van der Waals surface area (Å²) < 4.78 is 6.90. The van der Waals surface area contributed by atoms with E-state index in [2.05, 4.69) is 217 Å². The predicted molar refractivity (Wildman–Crippen MR) is 237 cm³/mol. The largest absolute Gasteiger partial charge is 0.455 e. The van der Waals surface area contributed by atoms with Gasteiger partial charge < -0.3 is 9.32 Å². The third-order valence-corrected chi connectivity index (χ3v) is 11.2. The average molecular weight is 714 g/mol. The minimum atomic E-state index is 0.867. The topological polar surface area (TPSA) is 16.4 Å². The molecule has 0 atom stereocenters. The minimum Gasteiger partial charge on any atom is -0.455 e. The van der Waals surface area contributed by atoms with Crippen LogP contribution in [0, 0.1) is 0 Å². The lowest BCUT2D eigenvalue weighted by Gasteiger charge is -2.28. The number of benzene rings is 10. The molecule has 2 heteroatoms. The number of furan rings is 1. The van der Waals surface area contributed by atoms with Gasteiger partial charge in [-0.05, 0) is 103 Å². The molecule has 0 bridgehead atoms. The molecule has 11 aromatic rings. The summed E-state index contributed by atoms with van der Waals surface area (Å²) in [6.45, 7) is 0. The predicted octanol–water partition coefficient (Wildman–Crippen LogP) is 15.5. The molecule has 0 N–H and O–H groups in total. The van der Waals surface area contributed by atoms with Crippen LogP contribution in [0.1, 0.15) is 0 Å². The van der Waals surface area contributed by atoms with Crippen LogP contribution in [-0.4, -0.2) is 0 Å². The van der Waals surface area contributed by atoms with Crippen LogP contribution in [0.25, 0.3) is 87.6 Å². The molecular weight excluding hydrogens is 679 g/mol. The fourth-order valence-electron chi connectivity index (χ4n) is 8.52. The van der Waals surface area contributed by atoms with Crippen LogP contribution in [0.2, 0.25) is 0 Å². The number of hydrogen-bond acceptors (Lipinski definition) is 2. The van der Waals surface area contributed by atoms with Crippen molar-refractivity contribution in [1.29, 1.82) is 0 Å². The molecule has 0 aliphatic heterocycles. The highest BCUT2D eigenvalue weighted by Crippen LogP contribution is 2.48. The smallest absolute Gasteiger partial charge is 0.145 e. The number of nitrogens with zero attached hydrogens (tertiary/aromatic N) is 1. The Hall–Kier alpha value is -7.42. The molecule has 2 nitrogen and oxygen atoms in total. The maximum atomic E-state index is 6.90. The number of fused-ring (bicyclic) bond motifs is 6. The van der Waals surface area contributed by atoms with E-state index in [9.17, 15) is 0 Å². The van der Waals surface area contributed by atoms with Gasteiger partial charge in [-0.25, -0.2) is 0 Å². The Balaban J connectivity index is 1.13. The fourth-order valence-corrected chi connectivity index (χ4v) is 8.52. The molecule has 11 rings (SSSR count). The number of rotatable bonds is 6. The van der Waals surface area contributed by atoms with E-state index < -0.39 is 0 Å². The molecule has 10 aromatic carbocycles. The Bertz CT molecular complexity index is 3240. The highest BCUT2D eigenvalue weighted by Gasteiger charge is 2.23. The molecule has 1 heterocycles. The molecule has 0 saturated carbocycles. The van der Waals surface area contributed by atoms with Crippen molar-refractivity contribution >= 4 is 71.3 Å². The lowest BCUT2D eigenvalue weighted by Crippen LogP contribution is -2.11. The quantitative estimate of drug-likeness (QED) is 0.171. The first-order valence-corrected chi connectivity index (χ1v) is 19.2. The molecule has 1 aromatic heterocycles. The van der Waals surface area contributed by atoms with Gasteiger partial charge in [0.2, 0.25) is 0 Å². The van der Waals surface area contributed by atoms with Crippen LogP contribution in [0.4, 0.5) is 17.1 Å². The minimum absolute atomic E-state index is 0.867. The number of anilines is 3. The van der Waals surface area contributed by atoms with Gasteiger partial charge in [-0.1, -0.05) is 164 Å². The molecular formula is C54H35NO. The van der Waals surface area contributed by atoms with Gasteiger partial charge in [-0.3, -0.25) is 0 Å². The highest BCUT2D eigenvalue weighted by molar-refractivity contribution is 6.18. The van der Waals surface area contributed by atoms with Crippen molar-refractivity contribution in [2.75, 3.05) is 4.90 Å². The van der Waals surface area contributed by atoms with Crippen molar-refractivity contribution in [3.63, 3.8) is 0 Å². The first kappa shape index (κ1) is 32.0. The average Bonchev–Trinajstić information content (AvgIpc) is 3.67. The molecule has 56 heavy (non-hydrogen) atoms. The zero-order chi connectivity index (χ0) is 37.0. The summed E-state index contributed by atoms with van der Waals surface area (Å²) in [6, 6.07) is 76.4. The number of para-hydroxylation sites is 1. The molecule has 0 amide bonds. The van der Waals surface area contributed by atoms with Crippen molar-refractivity contribution in [2.45, 2.75) is 0 Å². The van der Waals surface area contributed by atoms with Gasteiger partial charge in [0.25, 0.3) is 0 Å².